The van der Waals surface area contributed by atoms with Crippen molar-refractivity contribution < 1.29 is 14.3 Å². The molecule has 1 atom stereocenters. The molecule has 10 heteroatoms. The second kappa shape index (κ2) is 8.99. The first-order valence-electron chi connectivity index (χ1n) is 11.0. The lowest BCUT2D eigenvalue weighted by Gasteiger charge is -2.27. The van der Waals surface area contributed by atoms with Crippen molar-refractivity contribution in [3.8, 4) is 11.3 Å². The predicted molar refractivity (Wildman–Crippen MR) is 122 cm³/mol. The number of aryl methyl sites for hydroxylation is 2. The molecule has 0 unspecified atom stereocenters. The van der Waals surface area contributed by atoms with Gasteiger partial charge in [0.1, 0.15) is 11.5 Å². The number of amides is 2. The number of carbonyl (C=O) groups excluding carboxylic acids is 2. The molecular formula is C23H25ClN6O3. The maximum absolute atomic E-state index is 13.2. The van der Waals surface area contributed by atoms with Crippen LogP contribution in [-0.2, 0) is 24.8 Å². The summed E-state index contributed by atoms with van der Waals surface area (Å²) < 4.78 is 8.90. The van der Waals surface area contributed by atoms with Crippen molar-refractivity contribution in [2.75, 3.05) is 26.3 Å². The van der Waals surface area contributed by atoms with E-state index in [4.69, 9.17) is 21.3 Å². The molecule has 1 saturated heterocycles. The van der Waals surface area contributed by atoms with Gasteiger partial charge in [-0.3, -0.25) is 14.3 Å². The zero-order chi connectivity index (χ0) is 22.9. The SMILES string of the molecule is Cn1ncc(C(=O)N2CCOCC2)c1C(=O)N[C@H]1CCn2cc(-c3ccccc3Cl)nc2C1. The van der Waals surface area contributed by atoms with Crippen molar-refractivity contribution in [1.82, 2.24) is 29.5 Å². The van der Waals surface area contributed by atoms with E-state index in [9.17, 15) is 9.59 Å². The molecule has 2 aliphatic heterocycles. The minimum absolute atomic E-state index is 0.0901. The molecule has 0 radical (unpaired) electrons. The standard InChI is InChI=1S/C23H25ClN6O3/c1-28-21(17(13-25-28)23(32)29-8-10-33-11-9-29)22(31)26-15-6-7-30-14-19(27-20(30)12-15)16-4-2-3-5-18(16)24/h2-5,13-15H,6-12H2,1H3,(H,26,31)/t15-/m0/s1. The highest BCUT2D eigenvalue weighted by Crippen LogP contribution is 2.28. The lowest BCUT2D eigenvalue weighted by Crippen LogP contribution is -2.43. The molecule has 1 N–H and O–H groups in total. The summed E-state index contributed by atoms with van der Waals surface area (Å²) >= 11 is 6.34. The summed E-state index contributed by atoms with van der Waals surface area (Å²) in [5.41, 5.74) is 2.31. The van der Waals surface area contributed by atoms with E-state index in [-0.39, 0.29) is 23.6 Å². The van der Waals surface area contributed by atoms with Crippen LogP contribution in [0.4, 0.5) is 0 Å². The van der Waals surface area contributed by atoms with Crippen LogP contribution in [0.3, 0.4) is 0 Å². The number of ether oxygens (including phenoxy) is 1. The van der Waals surface area contributed by atoms with Gasteiger partial charge >= 0.3 is 0 Å². The molecular weight excluding hydrogens is 444 g/mol. The Kier molecular flexibility index (Phi) is 5.90. The zero-order valence-corrected chi connectivity index (χ0v) is 19.1. The van der Waals surface area contributed by atoms with Gasteiger partial charge in [-0.25, -0.2) is 4.98 Å². The molecule has 1 aromatic carbocycles. The molecule has 172 valence electrons. The van der Waals surface area contributed by atoms with Crippen molar-refractivity contribution in [1.29, 1.82) is 0 Å². The Morgan fingerprint density at radius 2 is 1.97 bits per heavy atom. The lowest BCUT2D eigenvalue weighted by molar-refractivity contribution is 0.0301. The highest BCUT2D eigenvalue weighted by Gasteiger charge is 2.29. The van der Waals surface area contributed by atoms with Crippen LogP contribution < -0.4 is 5.32 Å². The summed E-state index contributed by atoms with van der Waals surface area (Å²) in [6.45, 7) is 2.75. The second-order valence-electron chi connectivity index (χ2n) is 8.31. The maximum Gasteiger partial charge on any atom is 0.270 e. The fourth-order valence-corrected chi connectivity index (χ4v) is 4.64. The third-order valence-corrected chi connectivity index (χ3v) is 6.50. The van der Waals surface area contributed by atoms with Crippen LogP contribution in [0.1, 0.15) is 33.1 Å². The van der Waals surface area contributed by atoms with E-state index in [1.54, 1.807) is 11.9 Å². The Bertz CT molecular complexity index is 1200. The van der Waals surface area contributed by atoms with Gasteiger partial charge in [-0.2, -0.15) is 5.10 Å². The van der Waals surface area contributed by atoms with Crippen LogP contribution in [0.2, 0.25) is 5.02 Å². The van der Waals surface area contributed by atoms with E-state index >= 15 is 0 Å². The number of rotatable bonds is 4. The third kappa shape index (κ3) is 4.26. The Hall–Kier alpha value is -3.17. The van der Waals surface area contributed by atoms with Gasteiger partial charge in [-0.1, -0.05) is 29.8 Å². The average Bonchev–Trinajstić information content (AvgIpc) is 3.42. The maximum atomic E-state index is 13.2. The summed E-state index contributed by atoms with van der Waals surface area (Å²) in [6.07, 6.45) is 4.84. The third-order valence-electron chi connectivity index (χ3n) is 6.17. The molecule has 2 amide bonds. The van der Waals surface area contributed by atoms with Crippen LogP contribution in [0, 0.1) is 0 Å². The van der Waals surface area contributed by atoms with Crippen LogP contribution >= 0.6 is 11.6 Å². The number of hydrogen-bond acceptors (Lipinski definition) is 5. The molecule has 5 rings (SSSR count). The van der Waals surface area contributed by atoms with Gasteiger partial charge in [0.25, 0.3) is 11.8 Å². The van der Waals surface area contributed by atoms with Gasteiger partial charge in [0.2, 0.25) is 0 Å². The molecule has 9 nitrogen and oxygen atoms in total. The van der Waals surface area contributed by atoms with E-state index in [2.05, 4.69) is 15.0 Å². The zero-order valence-electron chi connectivity index (χ0n) is 18.3. The Labute approximate surface area is 196 Å². The van der Waals surface area contributed by atoms with Gasteiger partial charge in [0, 0.05) is 50.9 Å². The smallest absolute Gasteiger partial charge is 0.270 e. The number of nitrogens with one attached hydrogen (secondary N) is 1. The van der Waals surface area contributed by atoms with Crippen LogP contribution in [0.15, 0.2) is 36.7 Å². The molecule has 0 spiro atoms. The molecule has 2 aromatic heterocycles. The number of carbonyl (C=O) groups is 2. The first-order valence-corrected chi connectivity index (χ1v) is 11.4. The van der Waals surface area contributed by atoms with Crippen LogP contribution in [-0.4, -0.2) is 68.4 Å². The van der Waals surface area contributed by atoms with Crippen LogP contribution in [0.5, 0.6) is 0 Å². The Morgan fingerprint density at radius 1 is 1.18 bits per heavy atom. The number of morpholine rings is 1. The number of benzene rings is 1. The van der Waals surface area contributed by atoms with Crippen molar-refractivity contribution in [2.24, 2.45) is 7.05 Å². The number of nitrogens with zero attached hydrogens (tertiary/aromatic N) is 5. The summed E-state index contributed by atoms with van der Waals surface area (Å²) in [5.74, 6) is 0.402. The van der Waals surface area contributed by atoms with Crippen molar-refractivity contribution in [3.05, 3.63) is 58.8 Å². The topological polar surface area (TPSA) is 94.3 Å². The Balaban J connectivity index is 1.31. The molecule has 0 bridgehead atoms. The quantitative estimate of drug-likeness (QED) is 0.633. The average molecular weight is 469 g/mol. The highest BCUT2D eigenvalue weighted by molar-refractivity contribution is 6.33. The molecule has 2 aliphatic rings. The lowest BCUT2D eigenvalue weighted by atomic mass is 10.1. The normalized spacial score (nSPS) is 18.1. The monoisotopic (exact) mass is 468 g/mol. The molecule has 1 fully saturated rings. The van der Waals surface area contributed by atoms with Crippen molar-refractivity contribution in [3.63, 3.8) is 0 Å². The number of aromatic nitrogens is 4. The number of fused-ring (bicyclic) bond motifs is 1. The largest absolute Gasteiger partial charge is 0.378 e. The van der Waals surface area contributed by atoms with Gasteiger partial charge < -0.3 is 19.5 Å². The fraction of sp³-hybridized carbons (Fsp3) is 0.391. The molecule has 33 heavy (non-hydrogen) atoms. The molecule has 4 heterocycles. The van der Waals surface area contributed by atoms with E-state index in [1.165, 1.54) is 10.9 Å². The molecule has 0 aliphatic carbocycles. The second-order valence-corrected chi connectivity index (χ2v) is 8.72. The number of halogens is 1. The summed E-state index contributed by atoms with van der Waals surface area (Å²) in [5, 5.41) is 7.92. The minimum atomic E-state index is -0.303. The molecule has 3 aromatic rings. The van der Waals surface area contributed by atoms with E-state index < -0.39 is 0 Å². The summed E-state index contributed by atoms with van der Waals surface area (Å²) in [4.78, 5) is 32.6. The fourth-order valence-electron chi connectivity index (χ4n) is 4.40. The summed E-state index contributed by atoms with van der Waals surface area (Å²) in [7, 11) is 1.68. The van der Waals surface area contributed by atoms with Gasteiger partial charge in [0.15, 0.2) is 0 Å². The van der Waals surface area contributed by atoms with E-state index in [0.29, 0.717) is 43.3 Å². The minimum Gasteiger partial charge on any atom is -0.378 e. The van der Waals surface area contributed by atoms with E-state index in [1.807, 2.05) is 30.5 Å². The van der Waals surface area contributed by atoms with Crippen molar-refractivity contribution in [2.45, 2.75) is 25.4 Å². The highest BCUT2D eigenvalue weighted by atomic mass is 35.5. The predicted octanol–water partition coefficient (Wildman–Crippen LogP) is 2.15. The van der Waals surface area contributed by atoms with Gasteiger partial charge in [0.05, 0.1) is 35.7 Å². The summed E-state index contributed by atoms with van der Waals surface area (Å²) in [6, 6.07) is 7.54. The first-order chi connectivity index (χ1) is 16.0. The number of hydrogen-bond donors (Lipinski definition) is 1. The first kappa shape index (κ1) is 21.7. The van der Waals surface area contributed by atoms with Crippen molar-refractivity contribution >= 4 is 23.4 Å². The van der Waals surface area contributed by atoms with Gasteiger partial charge in [-0.05, 0) is 12.5 Å². The number of imidazole rings is 1. The molecule has 0 saturated carbocycles. The van der Waals surface area contributed by atoms with E-state index in [0.717, 1.165) is 30.0 Å². The van der Waals surface area contributed by atoms with Gasteiger partial charge in [-0.15, -0.1) is 0 Å². The van der Waals surface area contributed by atoms with Crippen LogP contribution in [0.25, 0.3) is 11.3 Å². The Morgan fingerprint density at radius 3 is 2.76 bits per heavy atom.